The number of hydrogen-bond acceptors (Lipinski definition) is 7. The molecular weight excluding hydrogens is 496 g/mol. The molecule has 0 spiro atoms. The second-order valence-electron chi connectivity index (χ2n) is 8.68. The first-order valence-corrected chi connectivity index (χ1v) is 12.8. The Labute approximate surface area is 225 Å². The quantitative estimate of drug-likeness (QED) is 0.147. The zero-order valence-corrected chi connectivity index (χ0v) is 21.8. The highest BCUT2D eigenvalue weighted by Gasteiger charge is 2.34. The molecule has 1 amide bonds. The Hall–Kier alpha value is -4.56. The van der Waals surface area contributed by atoms with Crippen molar-refractivity contribution in [3.8, 4) is 11.5 Å². The van der Waals surface area contributed by atoms with Crippen LogP contribution in [-0.4, -0.2) is 36.3 Å². The van der Waals surface area contributed by atoms with Gasteiger partial charge in [-0.15, -0.1) is 5.10 Å². The monoisotopic (exact) mass is 522 g/mol. The molecule has 0 radical (unpaired) electrons. The highest BCUT2D eigenvalue weighted by Crippen LogP contribution is 2.34. The minimum absolute atomic E-state index is 0.143. The molecule has 0 saturated carbocycles. The summed E-state index contributed by atoms with van der Waals surface area (Å²) < 4.78 is 11.4. The van der Waals surface area contributed by atoms with Crippen molar-refractivity contribution in [3.05, 3.63) is 119 Å². The van der Waals surface area contributed by atoms with Gasteiger partial charge in [-0.3, -0.25) is 9.69 Å². The molecular formula is C30H26N4O3S. The van der Waals surface area contributed by atoms with E-state index in [4.69, 9.17) is 9.15 Å². The van der Waals surface area contributed by atoms with Crippen molar-refractivity contribution in [2.75, 3.05) is 19.0 Å². The van der Waals surface area contributed by atoms with Gasteiger partial charge in [0, 0.05) is 19.8 Å². The first-order valence-electron chi connectivity index (χ1n) is 12.0. The fraction of sp³-hybridized carbons (Fsp3) is 0.100. The molecule has 1 fully saturated rings. The normalized spacial score (nSPS) is 15.6. The van der Waals surface area contributed by atoms with E-state index in [0.29, 0.717) is 21.6 Å². The van der Waals surface area contributed by atoms with Crippen molar-refractivity contribution in [2.24, 2.45) is 10.2 Å². The van der Waals surface area contributed by atoms with Gasteiger partial charge >= 0.3 is 0 Å². The molecule has 7 nitrogen and oxygen atoms in total. The Bertz CT molecular complexity index is 1480. The Morgan fingerprint density at radius 1 is 0.921 bits per heavy atom. The topological polar surface area (TPSA) is 70.6 Å². The second kappa shape index (κ2) is 11.7. The van der Waals surface area contributed by atoms with Crippen LogP contribution >= 0.6 is 11.8 Å². The van der Waals surface area contributed by atoms with Crippen LogP contribution in [0.15, 0.2) is 117 Å². The minimum Gasteiger partial charge on any atom is -0.467 e. The van der Waals surface area contributed by atoms with Crippen LogP contribution in [0.1, 0.15) is 16.9 Å². The van der Waals surface area contributed by atoms with Crippen LogP contribution in [-0.2, 0) is 11.3 Å². The van der Waals surface area contributed by atoms with Crippen LogP contribution in [0.25, 0.3) is 6.08 Å². The van der Waals surface area contributed by atoms with Gasteiger partial charge in [-0.05, 0) is 77.5 Å². The number of nitrogens with zero attached hydrogens (tertiary/aromatic N) is 4. The van der Waals surface area contributed by atoms with Gasteiger partial charge in [-0.1, -0.05) is 42.5 Å². The molecule has 1 aliphatic rings. The number of ether oxygens (including phenoxy) is 1. The molecule has 3 aromatic carbocycles. The summed E-state index contributed by atoms with van der Waals surface area (Å²) in [6.45, 7) is 0.268. The predicted molar refractivity (Wildman–Crippen MR) is 154 cm³/mol. The highest BCUT2D eigenvalue weighted by atomic mass is 32.2. The van der Waals surface area contributed by atoms with Crippen LogP contribution in [0.5, 0.6) is 11.5 Å². The Balaban J connectivity index is 1.36. The summed E-state index contributed by atoms with van der Waals surface area (Å²) in [5, 5.41) is 9.17. The van der Waals surface area contributed by atoms with Crippen LogP contribution in [0, 0.1) is 0 Å². The molecule has 8 heteroatoms. The number of benzene rings is 3. The fourth-order valence-electron chi connectivity index (χ4n) is 3.73. The van der Waals surface area contributed by atoms with E-state index in [-0.39, 0.29) is 12.5 Å². The maximum atomic E-state index is 13.3. The van der Waals surface area contributed by atoms with E-state index in [1.165, 1.54) is 11.8 Å². The lowest BCUT2D eigenvalue weighted by Gasteiger charge is -2.12. The van der Waals surface area contributed by atoms with E-state index < -0.39 is 0 Å². The average molecular weight is 523 g/mol. The van der Waals surface area contributed by atoms with Crippen LogP contribution in [0.2, 0.25) is 0 Å². The largest absolute Gasteiger partial charge is 0.467 e. The number of carbonyl (C=O) groups is 1. The SMILES string of the molecule is CN(C)c1ccc(/C=C2\S/C(=N/N=C\c3cccc(Oc4ccccc4)c3)N(Cc3ccco3)C2=O)cc1. The number of furan rings is 1. The number of anilines is 1. The second-order valence-corrected chi connectivity index (χ2v) is 9.69. The molecule has 1 saturated heterocycles. The van der Waals surface area contributed by atoms with Crippen molar-refractivity contribution >= 4 is 40.8 Å². The molecule has 1 aliphatic heterocycles. The molecule has 1 aromatic heterocycles. The van der Waals surface area contributed by atoms with Crippen molar-refractivity contribution in [3.63, 3.8) is 0 Å². The van der Waals surface area contributed by atoms with Gasteiger partial charge in [0.2, 0.25) is 0 Å². The number of para-hydroxylation sites is 1. The minimum atomic E-state index is -0.143. The van der Waals surface area contributed by atoms with E-state index >= 15 is 0 Å². The molecule has 2 heterocycles. The summed E-state index contributed by atoms with van der Waals surface area (Å²) in [6, 6.07) is 28.8. The third kappa shape index (κ3) is 6.22. The summed E-state index contributed by atoms with van der Waals surface area (Å²) in [6.07, 6.45) is 5.10. The van der Waals surface area contributed by atoms with Crippen molar-refractivity contribution in [2.45, 2.75) is 6.54 Å². The van der Waals surface area contributed by atoms with E-state index in [9.17, 15) is 4.79 Å². The van der Waals surface area contributed by atoms with E-state index in [2.05, 4.69) is 10.2 Å². The molecule has 190 valence electrons. The standard InChI is InChI=1S/C30H26N4O3S/c1-33(2)24-15-13-22(14-16-24)19-28-29(35)34(21-27-12-7-17-36-27)30(38-28)32-31-20-23-8-6-11-26(18-23)37-25-9-4-3-5-10-25/h3-20H,21H2,1-2H3/b28-19-,31-20-,32-30+. The van der Waals surface area contributed by atoms with Gasteiger partial charge in [0.05, 0.1) is 23.9 Å². The number of amidine groups is 1. The number of hydrogen-bond donors (Lipinski definition) is 0. The van der Waals surface area contributed by atoms with E-state index in [0.717, 1.165) is 22.6 Å². The Kier molecular flexibility index (Phi) is 7.70. The average Bonchev–Trinajstić information content (AvgIpc) is 3.54. The summed E-state index contributed by atoms with van der Waals surface area (Å²) in [4.78, 5) is 17.5. The van der Waals surface area contributed by atoms with Crippen molar-refractivity contribution < 1.29 is 13.9 Å². The molecule has 0 bridgehead atoms. The number of thioether (sulfide) groups is 1. The highest BCUT2D eigenvalue weighted by molar-refractivity contribution is 8.18. The lowest BCUT2D eigenvalue weighted by Crippen LogP contribution is -2.28. The molecule has 0 unspecified atom stereocenters. The van der Waals surface area contributed by atoms with Gasteiger partial charge < -0.3 is 14.1 Å². The molecule has 0 aliphatic carbocycles. The van der Waals surface area contributed by atoms with Crippen LogP contribution in [0.3, 0.4) is 0 Å². The zero-order chi connectivity index (χ0) is 26.3. The van der Waals surface area contributed by atoms with Crippen molar-refractivity contribution in [1.82, 2.24) is 4.90 Å². The van der Waals surface area contributed by atoms with Crippen LogP contribution < -0.4 is 9.64 Å². The summed E-state index contributed by atoms with van der Waals surface area (Å²) in [5.74, 6) is 1.98. The molecule has 38 heavy (non-hydrogen) atoms. The maximum absolute atomic E-state index is 13.3. The smallest absolute Gasteiger partial charge is 0.267 e. The first-order chi connectivity index (χ1) is 18.5. The first kappa shape index (κ1) is 25.1. The van der Waals surface area contributed by atoms with Gasteiger partial charge in [0.25, 0.3) is 5.91 Å². The number of rotatable bonds is 8. The van der Waals surface area contributed by atoms with E-state index in [1.807, 2.05) is 110 Å². The molecule has 5 rings (SSSR count). The lowest BCUT2D eigenvalue weighted by molar-refractivity contribution is -0.122. The number of amides is 1. The van der Waals surface area contributed by atoms with Gasteiger partial charge in [-0.25, -0.2) is 0 Å². The third-order valence-corrected chi connectivity index (χ3v) is 6.67. The maximum Gasteiger partial charge on any atom is 0.267 e. The Morgan fingerprint density at radius 3 is 2.45 bits per heavy atom. The van der Waals surface area contributed by atoms with E-state index in [1.54, 1.807) is 23.4 Å². The zero-order valence-electron chi connectivity index (χ0n) is 21.0. The summed E-state index contributed by atoms with van der Waals surface area (Å²) in [7, 11) is 3.98. The fourth-order valence-corrected chi connectivity index (χ4v) is 4.66. The van der Waals surface area contributed by atoms with Crippen LogP contribution in [0.4, 0.5) is 5.69 Å². The van der Waals surface area contributed by atoms with Gasteiger partial charge in [0.15, 0.2) is 5.17 Å². The molecule has 4 aromatic rings. The van der Waals surface area contributed by atoms with Gasteiger partial charge in [-0.2, -0.15) is 5.10 Å². The molecule has 0 N–H and O–H groups in total. The Morgan fingerprint density at radius 2 is 1.71 bits per heavy atom. The third-order valence-electron chi connectivity index (χ3n) is 5.68. The van der Waals surface area contributed by atoms with Crippen molar-refractivity contribution in [1.29, 1.82) is 0 Å². The number of carbonyl (C=O) groups excluding carboxylic acids is 1. The summed E-state index contributed by atoms with van der Waals surface area (Å²) in [5.41, 5.74) is 2.85. The predicted octanol–water partition coefficient (Wildman–Crippen LogP) is 6.64. The lowest BCUT2D eigenvalue weighted by atomic mass is 10.2. The summed E-state index contributed by atoms with van der Waals surface area (Å²) >= 11 is 1.29. The molecule has 0 atom stereocenters. The van der Waals surface area contributed by atoms with Gasteiger partial charge in [0.1, 0.15) is 17.3 Å².